The number of nitrogens with zero attached hydrogens (tertiary/aromatic N) is 4. The van der Waals surface area contributed by atoms with Gasteiger partial charge in [-0.25, -0.2) is 15.0 Å². The molecule has 2 aromatic heterocycles. The van der Waals surface area contributed by atoms with Crippen molar-refractivity contribution < 1.29 is 43.7 Å². The predicted molar refractivity (Wildman–Crippen MR) is 178 cm³/mol. The van der Waals surface area contributed by atoms with Crippen molar-refractivity contribution in [2.24, 2.45) is 0 Å². The molecule has 13 heteroatoms. The predicted octanol–water partition coefficient (Wildman–Crippen LogP) is 2.94. The zero-order valence-electron chi connectivity index (χ0n) is 27.2. The van der Waals surface area contributed by atoms with Gasteiger partial charge in [-0.3, -0.25) is 4.57 Å². The van der Waals surface area contributed by atoms with E-state index in [9.17, 15) is 15.3 Å². The SMILES string of the molecule is O[C@@H]1[C@H](O[C@H]2O[C@H](COCc3ccccc3)[C@@H](O)[C@H](O)[C@H]2OCc2ccccc2)[C@@H](COCc2ccccc2)O[C@H]1n1cnc2cncnc21. The molecule has 9 atom stereocenters. The summed E-state index contributed by atoms with van der Waals surface area (Å²) in [6.45, 7) is 0.734. The van der Waals surface area contributed by atoms with Gasteiger partial charge in [0.2, 0.25) is 0 Å². The minimum atomic E-state index is -1.40. The van der Waals surface area contributed by atoms with Crippen LogP contribution in [0.2, 0.25) is 0 Å². The van der Waals surface area contributed by atoms with Crippen LogP contribution in [0.5, 0.6) is 0 Å². The molecule has 0 radical (unpaired) electrons. The quantitative estimate of drug-likeness (QED) is 0.157. The second kappa shape index (κ2) is 16.2. The van der Waals surface area contributed by atoms with Gasteiger partial charge in [0.1, 0.15) is 54.6 Å². The maximum Gasteiger partial charge on any atom is 0.187 e. The van der Waals surface area contributed by atoms with Crippen LogP contribution >= 0.6 is 0 Å². The van der Waals surface area contributed by atoms with Crippen LogP contribution in [0.3, 0.4) is 0 Å². The molecule has 0 bridgehead atoms. The minimum Gasteiger partial charge on any atom is -0.387 e. The number of rotatable bonds is 14. The van der Waals surface area contributed by atoms with Gasteiger partial charge in [-0.15, -0.1) is 0 Å². The van der Waals surface area contributed by atoms with Gasteiger partial charge in [0, 0.05) is 0 Å². The van der Waals surface area contributed by atoms with Gasteiger partial charge in [-0.1, -0.05) is 91.0 Å². The molecule has 0 aliphatic carbocycles. The summed E-state index contributed by atoms with van der Waals surface area (Å²) in [4.78, 5) is 12.7. The molecule has 50 heavy (non-hydrogen) atoms. The Morgan fingerprint density at radius 2 is 1.24 bits per heavy atom. The van der Waals surface area contributed by atoms with Crippen LogP contribution < -0.4 is 0 Å². The fourth-order valence-electron chi connectivity index (χ4n) is 6.21. The highest BCUT2D eigenvalue weighted by atomic mass is 16.7. The van der Waals surface area contributed by atoms with Crippen LogP contribution in [0.4, 0.5) is 0 Å². The number of benzene rings is 3. The van der Waals surface area contributed by atoms with Gasteiger partial charge in [-0.05, 0) is 16.7 Å². The topological polar surface area (TPSA) is 160 Å². The normalized spacial score (nSPS) is 28.3. The molecule has 0 spiro atoms. The molecular formula is C37H40N4O9. The lowest BCUT2D eigenvalue weighted by atomic mass is 9.98. The average Bonchev–Trinajstić information content (AvgIpc) is 3.71. The van der Waals surface area contributed by atoms with Gasteiger partial charge in [0.25, 0.3) is 0 Å². The number of aliphatic hydroxyl groups excluding tert-OH is 3. The molecule has 2 aliphatic heterocycles. The molecule has 2 fully saturated rings. The van der Waals surface area contributed by atoms with E-state index >= 15 is 0 Å². The monoisotopic (exact) mass is 684 g/mol. The molecule has 3 N–H and O–H groups in total. The summed E-state index contributed by atoms with van der Waals surface area (Å²) in [7, 11) is 0. The van der Waals surface area contributed by atoms with E-state index in [1.165, 1.54) is 12.7 Å². The summed E-state index contributed by atoms with van der Waals surface area (Å²) in [6.07, 6.45) is -5.57. The van der Waals surface area contributed by atoms with Gasteiger partial charge in [-0.2, -0.15) is 0 Å². The second-order valence-electron chi connectivity index (χ2n) is 12.3. The van der Waals surface area contributed by atoms with E-state index in [-0.39, 0.29) is 26.4 Å². The van der Waals surface area contributed by atoms with Crippen LogP contribution in [0, 0.1) is 0 Å². The van der Waals surface area contributed by atoms with E-state index in [2.05, 4.69) is 15.0 Å². The second-order valence-corrected chi connectivity index (χ2v) is 12.3. The lowest BCUT2D eigenvalue weighted by Crippen LogP contribution is -2.61. The van der Waals surface area contributed by atoms with Crippen molar-refractivity contribution in [2.75, 3.05) is 13.2 Å². The minimum absolute atomic E-state index is 0.0327. The van der Waals surface area contributed by atoms with Crippen LogP contribution in [0.25, 0.3) is 11.2 Å². The summed E-state index contributed by atoms with van der Waals surface area (Å²) >= 11 is 0. The van der Waals surface area contributed by atoms with Crippen molar-refractivity contribution in [1.29, 1.82) is 0 Å². The fraction of sp³-hybridized carbons (Fsp3) is 0.378. The Morgan fingerprint density at radius 1 is 0.640 bits per heavy atom. The van der Waals surface area contributed by atoms with E-state index in [4.69, 9.17) is 28.4 Å². The van der Waals surface area contributed by atoms with Crippen LogP contribution in [0.1, 0.15) is 22.9 Å². The van der Waals surface area contributed by atoms with Gasteiger partial charge >= 0.3 is 0 Å². The summed E-state index contributed by atoms with van der Waals surface area (Å²) in [5.41, 5.74) is 3.78. The Hall–Kier alpha value is -4.15. The highest BCUT2D eigenvalue weighted by molar-refractivity contribution is 5.69. The molecule has 2 saturated heterocycles. The number of hydrogen-bond donors (Lipinski definition) is 3. The largest absolute Gasteiger partial charge is 0.387 e. The molecule has 262 valence electrons. The molecule has 0 amide bonds. The summed E-state index contributed by atoms with van der Waals surface area (Å²) in [5, 5.41) is 34.4. The molecule has 7 rings (SSSR count). The highest BCUT2D eigenvalue weighted by Crippen LogP contribution is 2.36. The Labute approximate surface area is 289 Å². The molecule has 4 heterocycles. The van der Waals surface area contributed by atoms with E-state index < -0.39 is 55.2 Å². The van der Waals surface area contributed by atoms with Crippen molar-refractivity contribution in [3.8, 4) is 0 Å². The van der Waals surface area contributed by atoms with Crippen LogP contribution in [-0.2, 0) is 48.2 Å². The lowest BCUT2D eigenvalue weighted by molar-refractivity contribution is -0.329. The molecule has 13 nitrogen and oxygen atoms in total. The van der Waals surface area contributed by atoms with Gasteiger partial charge in [0.15, 0.2) is 18.2 Å². The third-order valence-electron chi connectivity index (χ3n) is 8.83. The first-order valence-electron chi connectivity index (χ1n) is 16.6. The van der Waals surface area contributed by atoms with Crippen molar-refractivity contribution >= 4 is 11.2 Å². The Bertz CT molecular complexity index is 1760. The van der Waals surface area contributed by atoms with Gasteiger partial charge < -0.3 is 43.7 Å². The number of aromatic nitrogens is 4. The molecule has 0 unspecified atom stereocenters. The number of aliphatic hydroxyl groups is 3. The zero-order valence-corrected chi connectivity index (χ0v) is 27.2. The summed E-state index contributed by atoms with van der Waals surface area (Å²) in [5.74, 6) is 0. The third kappa shape index (κ3) is 7.92. The van der Waals surface area contributed by atoms with Gasteiger partial charge in [0.05, 0.1) is 45.6 Å². The molecule has 5 aromatic rings. The molecule has 3 aromatic carbocycles. The standard InChI is InChI=1S/C37H40N4O9/c42-30-28(20-45-17-24-10-4-1-5-11-24)49-37(34(31(30)43)47-19-26-14-8-3-9-15-26)50-33-29(21-46-18-25-12-6-2-7-13-25)48-36(32(33)44)41-23-40-27-16-38-22-39-35(27)41/h1-16,22-23,28-34,36-37,42-44H,17-21H2/t28-,29-,30-,31+,32-,33-,34-,36-,37-/m1/s1. The van der Waals surface area contributed by atoms with E-state index in [0.29, 0.717) is 17.8 Å². The molecule has 2 aliphatic rings. The first-order chi connectivity index (χ1) is 24.5. The number of imidazole rings is 1. The van der Waals surface area contributed by atoms with E-state index in [1.807, 2.05) is 91.0 Å². The molecular weight excluding hydrogens is 644 g/mol. The van der Waals surface area contributed by atoms with Crippen molar-refractivity contribution in [2.45, 2.75) is 75.1 Å². The zero-order chi connectivity index (χ0) is 34.3. The van der Waals surface area contributed by atoms with Crippen LogP contribution in [0.15, 0.2) is 110 Å². The first kappa shape index (κ1) is 34.3. The van der Waals surface area contributed by atoms with Crippen molar-refractivity contribution in [3.63, 3.8) is 0 Å². The van der Waals surface area contributed by atoms with E-state index in [1.54, 1.807) is 10.8 Å². The summed E-state index contributed by atoms with van der Waals surface area (Å²) in [6, 6.07) is 28.7. The number of fused-ring (bicyclic) bond motifs is 1. The van der Waals surface area contributed by atoms with Crippen molar-refractivity contribution in [3.05, 3.63) is 127 Å². The lowest BCUT2D eigenvalue weighted by Gasteiger charge is -2.43. The number of hydrogen-bond acceptors (Lipinski definition) is 12. The Kier molecular flexibility index (Phi) is 11.1. The maximum atomic E-state index is 11.8. The average molecular weight is 685 g/mol. The Morgan fingerprint density at radius 3 is 1.88 bits per heavy atom. The number of ether oxygens (including phenoxy) is 6. The third-order valence-corrected chi connectivity index (χ3v) is 8.83. The Balaban J connectivity index is 1.12. The molecule has 0 saturated carbocycles. The van der Waals surface area contributed by atoms with Crippen molar-refractivity contribution in [1.82, 2.24) is 19.5 Å². The summed E-state index contributed by atoms with van der Waals surface area (Å²) < 4.78 is 39.0. The first-order valence-corrected chi connectivity index (χ1v) is 16.6. The smallest absolute Gasteiger partial charge is 0.187 e. The maximum absolute atomic E-state index is 11.8. The fourth-order valence-corrected chi connectivity index (χ4v) is 6.21. The van der Waals surface area contributed by atoms with Crippen LogP contribution in [-0.4, -0.2) is 97.1 Å². The highest BCUT2D eigenvalue weighted by Gasteiger charge is 2.52. The van der Waals surface area contributed by atoms with E-state index in [0.717, 1.165) is 16.7 Å².